The summed E-state index contributed by atoms with van der Waals surface area (Å²) in [5.74, 6) is 4.84. The lowest BCUT2D eigenvalue weighted by atomic mass is 9.48. The second-order valence-corrected chi connectivity index (χ2v) is 10.6. The van der Waals surface area contributed by atoms with Crippen LogP contribution in [0.25, 0.3) is 0 Å². The highest BCUT2D eigenvalue weighted by Crippen LogP contribution is 2.64. The molecule has 0 spiro atoms. The van der Waals surface area contributed by atoms with E-state index in [0.717, 1.165) is 55.3 Å². The van der Waals surface area contributed by atoms with Crippen molar-refractivity contribution in [3.63, 3.8) is 0 Å². The molecular formula is C22H35BrO2. The van der Waals surface area contributed by atoms with Gasteiger partial charge in [0.2, 0.25) is 0 Å². The van der Waals surface area contributed by atoms with Crippen LogP contribution in [0.1, 0.15) is 78.1 Å². The summed E-state index contributed by atoms with van der Waals surface area (Å²) >= 11 is 3.42. The molecule has 0 aromatic rings. The maximum atomic E-state index is 12.5. The number of hydrogen-bond acceptors (Lipinski definition) is 2. The third-order valence-electron chi connectivity index (χ3n) is 9.28. The topological polar surface area (TPSA) is 37.3 Å². The van der Waals surface area contributed by atoms with Crippen LogP contribution in [0.4, 0.5) is 0 Å². The van der Waals surface area contributed by atoms with E-state index in [1.807, 2.05) is 0 Å². The van der Waals surface area contributed by atoms with Gasteiger partial charge < -0.3 is 5.11 Å². The van der Waals surface area contributed by atoms with Gasteiger partial charge in [-0.05, 0) is 99.2 Å². The fourth-order valence-corrected chi connectivity index (χ4v) is 8.30. The smallest absolute Gasteiger partial charge is 0.147 e. The Morgan fingerprint density at radius 2 is 1.80 bits per heavy atom. The van der Waals surface area contributed by atoms with Crippen LogP contribution in [-0.2, 0) is 4.79 Å². The average molecular weight is 411 g/mol. The third kappa shape index (κ3) is 2.87. The molecule has 142 valence electrons. The highest BCUT2D eigenvalue weighted by atomic mass is 79.9. The summed E-state index contributed by atoms with van der Waals surface area (Å²) in [7, 11) is 0. The number of halogens is 1. The Kier molecular flexibility index (Phi) is 4.89. The number of aliphatic hydroxyl groups is 1. The average Bonchev–Trinajstić information content (AvgIpc) is 2.98. The zero-order chi connectivity index (χ0) is 17.8. The van der Waals surface area contributed by atoms with Gasteiger partial charge in [0, 0.05) is 5.92 Å². The molecule has 0 aromatic carbocycles. The van der Waals surface area contributed by atoms with Crippen molar-refractivity contribution in [1.29, 1.82) is 0 Å². The molecule has 0 aliphatic heterocycles. The Bertz CT molecular complexity index is 534. The van der Waals surface area contributed by atoms with Crippen molar-refractivity contribution in [2.75, 3.05) is 5.33 Å². The lowest BCUT2D eigenvalue weighted by Gasteiger charge is -2.57. The Morgan fingerprint density at radius 1 is 1.04 bits per heavy atom. The molecule has 0 amide bonds. The summed E-state index contributed by atoms with van der Waals surface area (Å²) in [6, 6.07) is 0. The number of carbonyl (C=O) groups excluding carboxylic acids is 1. The predicted molar refractivity (Wildman–Crippen MR) is 105 cm³/mol. The van der Waals surface area contributed by atoms with Crippen LogP contribution in [0, 0.1) is 40.9 Å². The van der Waals surface area contributed by atoms with E-state index in [4.69, 9.17) is 0 Å². The molecule has 0 radical (unpaired) electrons. The van der Waals surface area contributed by atoms with Crippen LogP contribution in [0.2, 0.25) is 0 Å². The summed E-state index contributed by atoms with van der Waals surface area (Å²) in [6.07, 6.45) is 11.9. The standard InChI is InChI=1S/C22H35BrO2/c1-3-22(25)11-9-15-14(12-22)4-5-17-16(15)8-10-21(2)18(17)6-7-19(21)20(24)13-23/h14-19,25H,3-13H2,1-2H3/t14-,15+,16-,17-,18+,19-,21+,22-/m1/s1. The lowest BCUT2D eigenvalue weighted by molar-refractivity contribution is -0.130. The molecule has 25 heavy (non-hydrogen) atoms. The van der Waals surface area contributed by atoms with Crippen LogP contribution < -0.4 is 0 Å². The summed E-state index contributed by atoms with van der Waals surface area (Å²) in [5, 5.41) is 11.3. The van der Waals surface area contributed by atoms with E-state index >= 15 is 0 Å². The van der Waals surface area contributed by atoms with Gasteiger partial charge in [-0.2, -0.15) is 0 Å². The Morgan fingerprint density at radius 3 is 2.52 bits per heavy atom. The van der Waals surface area contributed by atoms with Crippen molar-refractivity contribution in [3.8, 4) is 0 Å². The van der Waals surface area contributed by atoms with E-state index in [2.05, 4.69) is 29.8 Å². The van der Waals surface area contributed by atoms with Crippen molar-refractivity contribution in [2.45, 2.75) is 83.7 Å². The number of fused-ring (bicyclic) bond motifs is 5. The molecule has 3 heteroatoms. The van der Waals surface area contributed by atoms with Gasteiger partial charge in [0.05, 0.1) is 10.9 Å². The largest absolute Gasteiger partial charge is 0.390 e. The number of hydrogen-bond donors (Lipinski definition) is 1. The monoisotopic (exact) mass is 410 g/mol. The van der Waals surface area contributed by atoms with E-state index in [1.54, 1.807) is 0 Å². The molecule has 4 saturated carbocycles. The SMILES string of the molecule is CC[C@@]1(O)CC[C@H]2[C@H](CC[C@@H]3[C@@H]2CC[C@]2(C)[C@@H](C(=O)CBr)CC[C@@H]32)C1. The van der Waals surface area contributed by atoms with Crippen molar-refractivity contribution >= 4 is 21.7 Å². The van der Waals surface area contributed by atoms with E-state index in [-0.39, 0.29) is 11.0 Å². The number of carbonyl (C=O) groups is 1. The molecular weight excluding hydrogens is 376 g/mol. The maximum absolute atomic E-state index is 12.5. The van der Waals surface area contributed by atoms with Gasteiger partial charge >= 0.3 is 0 Å². The van der Waals surface area contributed by atoms with E-state index in [1.165, 1.54) is 38.5 Å². The molecule has 0 aromatic heterocycles. The fraction of sp³-hybridized carbons (Fsp3) is 0.955. The third-order valence-corrected chi connectivity index (χ3v) is 9.84. The number of Topliss-reactive ketones (excluding diaryl/α,β-unsaturated/α-hetero) is 1. The molecule has 4 rings (SSSR count). The summed E-state index contributed by atoms with van der Waals surface area (Å²) < 4.78 is 0. The van der Waals surface area contributed by atoms with Crippen LogP contribution in [0.3, 0.4) is 0 Å². The number of alkyl halides is 1. The minimum absolute atomic E-state index is 0.262. The summed E-state index contributed by atoms with van der Waals surface area (Å²) in [4.78, 5) is 12.5. The van der Waals surface area contributed by atoms with E-state index in [0.29, 0.717) is 17.0 Å². The normalized spacial score (nSPS) is 52.2. The molecule has 4 aliphatic rings. The first-order valence-electron chi connectivity index (χ1n) is 10.7. The molecule has 2 nitrogen and oxygen atoms in total. The van der Waals surface area contributed by atoms with E-state index < -0.39 is 0 Å². The minimum atomic E-state index is -0.377. The molecule has 1 N–H and O–H groups in total. The molecule has 0 saturated heterocycles. The first-order chi connectivity index (χ1) is 11.9. The number of rotatable bonds is 3. The van der Waals surface area contributed by atoms with Gasteiger partial charge in [0.15, 0.2) is 0 Å². The lowest BCUT2D eigenvalue weighted by Crippen LogP contribution is -2.51. The zero-order valence-corrected chi connectivity index (χ0v) is 17.6. The van der Waals surface area contributed by atoms with Crippen LogP contribution in [-0.4, -0.2) is 21.8 Å². The van der Waals surface area contributed by atoms with Gasteiger partial charge in [0.25, 0.3) is 0 Å². The van der Waals surface area contributed by atoms with Gasteiger partial charge in [-0.15, -0.1) is 0 Å². The summed E-state index contributed by atoms with van der Waals surface area (Å²) in [5.41, 5.74) is -0.115. The van der Waals surface area contributed by atoms with Crippen molar-refractivity contribution in [2.24, 2.45) is 40.9 Å². The Hall–Kier alpha value is 0.110. The maximum Gasteiger partial charge on any atom is 0.147 e. The molecule has 4 fully saturated rings. The highest BCUT2D eigenvalue weighted by Gasteiger charge is 2.58. The first kappa shape index (κ1) is 18.5. The quantitative estimate of drug-likeness (QED) is 0.635. The fourth-order valence-electron chi connectivity index (χ4n) is 7.91. The first-order valence-corrected chi connectivity index (χ1v) is 11.8. The molecule has 0 bridgehead atoms. The molecule has 8 atom stereocenters. The van der Waals surface area contributed by atoms with Gasteiger partial charge in [0.1, 0.15) is 5.78 Å². The second-order valence-electron chi connectivity index (χ2n) is 10.0. The minimum Gasteiger partial charge on any atom is -0.390 e. The van der Waals surface area contributed by atoms with Crippen LogP contribution in [0.15, 0.2) is 0 Å². The van der Waals surface area contributed by atoms with Crippen LogP contribution in [0.5, 0.6) is 0 Å². The highest BCUT2D eigenvalue weighted by molar-refractivity contribution is 9.09. The predicted octanol–water partition coefficient (Wildman–Crippen LogP) is 5.36. The van der Waals surface area contributed by atoms with Gasteiger partial charge in [-0.3, -0.25) is 4.79 Å². The molecule has 4 aliphatic carbocycles. The second kappa shape index (κ2) is 6.62. The molecule has 0 heterocycles. The zero-order valence-electron chi connectivity index (χ0n) is 16.0. The van der Waals surface area contributed by atoms with Crippen LogP contribution >= 0.6 is 15.9 Å². The number of ketones is 1. The Labute approximate surface area is 161 Å². The van der Waals surface area contributed by atoms with E-state index in [9.17, 15) is 9.90 Å². The Balaban J connectivity index is 1.52. The van der Waals surface area contributed by atoms with Crippen molar-refractivity contribution < 1.29 is 9.90 Å². The van der Waals surface area contributed by atoms with Gasteiger partial charge in [-0.25, -0.2) is 0 Å². The van der Waals surface area contributed by atoms with Crippen molar-refractivity contribution in [1.82, 2.24) is 0 Å². The van der Waals surface area contributed by atoms with Crippen molar-refractivity contribution in [3.05, 3.63) is 0 Å². The summed E-state index contributed by atoms with van der Waals surface area (Å²) in [6.45, 7) is 4.59. The van der Waals surface area contributed by atoms with Gasteiger partial charge in [-0.1, -0.05) is 29.8 Å². The molecule has 0 unspecified atom stereocenters.